The van der Waals surface area contributed by atoms with E-state index in [9.17, 15) is 19.8 Å². The number of benzene rings is 4. The largest absolute Gasteiger partial charge is 0.508 e. The summed E-state index contributed by atoms with van der Waals surface area (Å²) in [7, 11) is 0. The van der Waals surface area contributed by atoms with Gasteiger partial charge in [0.15, 0.2) is 6.29 Å². The Bertz CT molecular complexity index is 1920. The monoisotopic (exact) mass is 709 g/mol. The van der Waals surface area contributed by atoms with E-state index in [1.807, 2.05) is 72.8 Å². The number of amides is 1. The molecule has 5 aromatic rings. The number of phenols is 1. The second kappa shape index (κ2) is 16.8. The lowest BCUT2D eigenvalue weighted by molar-refractivity contribution is -0.268. The van der Waals surface area contributed by atoms with Gasteiger partial charge in [-0.15, -0.1) is 5.10 Å². The second-order valence-corrected chi connectivity index (χ2v) is 13.4. The van der Waals surface area contributed by atoms with Crippen LogP contribution in [0.5, 0.6) is 5.75 Å². The first-order valence-corrected chi connectivity index (χ1v) is 17.6. The third-order valence-electron chi connectivity index (χ3n) is 8.76. The summed E-state index contributed by atoms with van der Waals surface area (Å²) in [6.45, 7) is 2.41. The topological polar surface area (TPSA) is 169 Å². The van der Waals surface area contributed by atoms with Crippen molar-refractivity contribution >= 4 is 23.6 Å². The molecule has 1 fully saturated rings. The van der Waals surface area contributed by atoms with Gasteiger partial charge in [-0.2, -0.15) is 4.68 Å². The Kier molecular flexibility index (Phi) is 11.7. The van der Waals surface area contributed by atoms with Crippen LogP contribution in [0.3, 0.4) is 0 Å². The normalized spacial score (nSPS) is 18.7. The molecule has 1 aromatic heterocycles. The molecular formula is C38H39N5O7S. The van der Waals surface area contributed by atoms with E-state index in [-0.39, 0.29) is 49.2 Å². The van der Waals surface area contributed by atoms with E-state index in [2.05, 4.69) is 27.8 Å². The maximum absolute atomic E-state index is 12.2. The molecule has 6 rings (SSSR count). The van der Waals surface area contributed by atoms with Gasteiger partial charge >= 0.3 is 5.97 Å². The number of hydrogen-bond acceptors (Lipinski definition) is 10. The average molecular weight is 710 g/mol. The van der Waals surface area contributed by atoms with Crippen LogP contribution in [0, 0.1) is 5.92 Å². The quantitative estimate of drug-likeness (QED) is 0.100. The fraction of sp³-hybridized carbons (Fsp3) is 0.289. The molecule has 1 aliphatic rings. The summed E-state index contributed by atoms with van der Waals surface area (Å²) in [5, 5.41) is 43.8. The number of aromatic hydroxyl groups is 1. The molecule has 51 heavy (non-hydrogen) atoms. The van der Waals surface area contributed by atoms with E-state index in [1.165, 1.54) is 11.8 Å². The van der Waals surface area contributed by atoms with Crippen molar-refractivity contribution in [3.8, 4) is 22.6 Å². The molecule has 1 amide bonds. The number of rotatable bonds is 14. The highest BCUT2D eigenvalue weighted by Gasteiger charge is 2.38. The zero-order chi connectivity index (χ0) is 35.7. The number of phenolic OH excluding ortho intramolecular Hbond substituents is 1. The minimum Gasteiger partial charge on any atom is -0.508 e. The molecule has 0 unspecified atom stereocenters. The fourth-order valence-electron chi connectivity index (χ4n) is 5.87. The fourth-order valence-corrected chi connectivity index (χ4v) is 6.93. The predicted molar refractivity (Wildman–Crippen MR) is 190 cm³/mol. The minimum atomic E-state index is -0.910. The smallest absolute Gasteiger partial charge is 0.303 e. The van der Waals surface area contributed by atoms with Gasteiger partial charge in [-0.25, -0.2) is 0 Å². The predicted octanol–water partition coefficient (Wildman–Crippen LogP) is 5.98. The van der Waals surface area contributed by atoms with Crippen molar-refractivity contribution in [1.82, 2.24) is 25.5 Å². The lowest BCUT2D eigenvalue weighted by Gasteiger charge is -2.41. The molecule has 12 nitrogen and oxygen atoms in total. The van der Waals surface area contributed by atoms with Crippen LogP contribution in [-0.2, 0) is 32.2 Å². The lowest BCUT2D eigenvalue weighted by Crippen LogP contribution is -2.38. The van der Waals surface area contributed by atoms with Crippen molar-refractivity contribution in [3.63, 3.8) is 0 Å². The summed E-state index contributed by atoms with van der Waals surface area (Å²) in [5.41, 5.74) is 6.30. The highest BCUT2D eigenvalue weighted by molar-refractivity contribution is 7.99. The Morgan fingerprint density at radius 3 is 2.35 bits per heavy atom. The molecule has 0 spiro atoms. The van der Waals surface area contributed by atoms with Crippen molar-refractivity contribution in [1.29, 1.82) is 0 Å². The number of tetrazole rings is 1. The van der Waals surface area contributed by atoms with Crippen molar-refractivity contribution in [3.05, 3.63) is 119 Å². The van der Waals surface area contributed by atoms with Crippen LogP contribution in [0.1, 0.15) is 60.8 Å². The lowest BCUT2D eigenvalue weighted by atomic mass is 9.91. The number of aliphatic hydroxyl groups is 1. The molecule has 13 heteroatoms. The van der Waals surface area contributed by atoms with Gasteiger partial charge in [-0.05, 0) is 75.0 Å². The number of ether oxygens (including phenoxy) is 2. The maximum Gasteiger partial charge on any atom is 0.303 e. The summed E-state index contributed by atoms with van der Waals surface area (Å²) in [6, 6.07) is 30.4. The first-order valence-electron chi connectivity index (χ1n) is 16.7. The Balaban J connectivity index is 1.17. The van der Waals surface area contributed by atoms with E-state index in [4.69, 9.17) is 14.6 Å². The molecule has 1 aliphatic heterocycles. The summed E-state index contributed by atoms with van der Waals surface area (Å²) < 4.78 is 14.9. The van der Waals surface area contributed by atoms with Gasteiger partial charge in [-0.1, -0.05) is 85.4 Å². The van der Waals surface area contributed by atoms with Gasteiger partial charge in [-0.3, -0.25) is 9.59 Å². The molecular weight excluding hydrogens is 671 g/mol. The van der Waals surface area contributed by atoms with Gasteiger partial charge in [0.05, 0.1) is 24.5 Å². The summed E-state index contributed by atoms with van der Waals surface area (Å²) in [6.07, 6.45) is -0.735. The number of carbonyl (C=O) groups is 2. The van der Waals surface area contributed by atoms with Gasteiger partial charge in [0.1, 0.15) is 5.75 Å². The molecule has 4 aromatic carbocycles. The zero-order valence-electron chi connectivity index (χ0n) is 28.0. The van der Waals surface area contributed by atoms with Gasteiger partial charge < -0.3 is 30.1 Å². The zero-order valence-corrected chi connectivity index (χ0v) is 28.8. The Hall–Kier alpha value is -5.08. The number of carboxylic acids is 1. The number of nitrogens with one attached hydrogen (secondary N) is 1. The standard InChI is InChI=1S/C38H39N5O7S/c1-24-33(23-51-38-40-41-42-43(38)31-16-18-32(45)19-17-31)49-37(50-36(24)28-10-8-25(22-44)9-11-28)29-14-12-27(13-15-29)30-5-2-4-26(20-30)21-39-34(46)6-3-7-35(47)48/h2,4-5,8-20,24,33,36-37,44-45H,3,6-7,21-23H2,1H3,(H,39,46)(H,47,48)/t24-,33+,36+,37+/m0/s1. The first kappa shape index (κ1) is 35.7. The van der Waals surface area contributed by atoms with Gasteiger partial charge in [0.2, 0.25) is 11.1 Å². The van der Waals surface area contributed by atoms with E-state index in [0.29, 0.717) is 23.9 Å². The van der Waals surface area contributed by atoms with Crippen LogP contribution in [-0.4, -0.2) is 59.3 Å². The van der Waals surface area contributed by atoms with Crippen molar-refractivity contribution < 1.29 is 34.4 Å². The average Bonchev–Trinajstić information content (AvgIpc) is 3.62. The first-order chi connectivity index (χ1) is 24.8. The van der Waals surface area contributed by atoms with Crippen LogP contribution in [0.4, 0.5) is 0 Å². The van der Waals surface area contributed by atoms with E-state index >= 15 is 0 Å². The number of aliphatic carboxylic acids is 1. The molecule has 0 bridgehead atoms. The molecule has 0 saturated carbocycles. The Labute approximate surface area is 299 Å². The summed E-state index contributed by atoms with van der Waals surface area (Å²) >= 11 is 1.48. The van der Waals surface area contributed by atoms with Crippen LogP contribution in [0.25, 0.3) is 16.8 Å². The highest BCUT2D eigenvalue weighted by Crippen LogP contribution is 2.43. The van der Waals surface area contributed by atoms with E-state index < -0.39 is 12.3 Å². The number of carbonyl (C=O) groups excluding carboxylic acids is 1. The SMILES string of the molecule is C[C@H]1[C@@H](CSc2nnnn2-c2ccc(O)cc2)O[C@@H](c2ccc(-c3cccc(CNC(=O)CCCC(=O)O)c3)cc2)O[C@H]1c1ccc(CO)cc1. The highest BCUT2D eigenvalue weighted by atomic mass is 32.2. The van der Waals surface area contributed by atoms with Crippen LogP contribution < -0.4 is 5.32 Å². The van der Waals surface area contributed by atoms with Crippen LogP contribution in [0.15, 0.2) is 102 Å². The van der Waals surface area contributed by atoms with Gasteiger partial charge in [0, 0.05) is 36.6 Å². The summed E-state index contributed by atoms with van der Waals surface area (Å²) in [5.74, 6) is -0.419. The van der Waals surface area contributed by atoms with Crippen molar-refractivity contribution in [2.75, 3.05) is 5.75 Å². The number of carboxylic acid groups (broad SMARTS) is 1. The van der Waals surface area contributed by atoms with E-state index in [0.717, 1.165) is 39.1 Å². The number of aliphatic hydroxyl groups excluding tert-OH is 1. The molecule has 0 radical (unpaired) electrons. The molecule has 0 aliphatic carbocycles. The number of aromatic nitrogens is 4. The third-order valence-corrected chi connectivity index (χ3v) is 9.77. The van der Waals surface area contributed by atoms with Crippen molar-refractivity contribution in [2.24, 2.45) is 5.92 Å². The molecule has 1 saturated heterocycles. The van der Waals surface area contributed by atoms with Crippen molar-refractivity contribution in [2.45, 2.75) is 63.0 Å². The molecule has 4 N–H and O–H groups in total. The van der Waals surface area contributed by atoms with E-state index in [1.54, 1.807) is 28.9 Å². The Morgan fingerprint density at radius 2 is 1.63 bits per heavy atom. The molecule has 4 atom stereocenters. The van der Waals surface area contributed by atoms with Crippen LogP contribution >= 0.6 is 11.8 Å². The Morgan fingerprint density at radius 1 is 0.882 bits per heavy atom. The number of nitrogens with zero attached hydrogens (tertiary/aromatic N) is 4. The number of hydrogen-bond donors (Lipinski definition) is 4. The second-order valence-electron chi connectivity index (χ2n) is 12.4. The maximum atomic E-state index is 12.2. The minimum absolute atomic E-state index is 0.0312. The third kappa shape index (κ3) is 9.18. The molecule has 2 heterocycles. The summed E-state index contributed by atoms with van der Waals surface area (Å²) in [4.78, 5) is 22.9. The number of thioether (sulfide) groups is 1. The molecule has 264 valence electrons. The van der Waals surface area contributed by atoms with Crippen LogP contribution in [0.2, 0.25) is 0 Å². The van der Waals surface area contributed by atoms with Gasteiger partial charge in [0.25, 0.3) is 0 Å².